The van der Waals surface area contributed by atoms with Crippen LogP contribution in [0.4, 0.5) is 4.39 Å². The lowest BCUT2D eigenvalue weighted by molar-refractivity contribution is 0.498. The molecule has 0 saturated carbocycles. The molecule has 2 rings (SSSR count). The highest BCUT2D eigenvalue weighted by atomic mass is 19.1. The second-order valence-corrected chi connectivity index (χ2v) is 4.89. The van der Waals surface area contributed by atoms with Crippen molar-refractivity contribution in [1.29, 1.82) is 5.26 Å². The average molecular weight is 274 g/mol. The van der Waals surface area contributed by atoms with Crippen molar-refractivity contribution in [3.63, 3.8) is 0 Å². The van der Waals surface area contributed by atoms with Crippen molar-refractivity contribution >= 4 is 5.96 Å². The van der Waals surface area contributed by atoms with Crippen LogP contribution in [0.5, 0.6) is 0 Å². The van der Waals surface area contributed by atoms with Crippen molar-refractivity contribution in [2.75, 3.05) is 13.2 Å². The van der Waals surface area contributed by atoms with E-state index in [2.05, 4.69) is 34.7 Å². The van der Waals surface area contributed by atoms with Gasteiger partial charge in [-0.3, -0.25) is 5.32 Å². The summed E-state index contributed by atoms with van der Waals surface area (Å²) in [6, 6.07) is 6.40. The molecule has 1 aromatic rings. The predicted molar refractivity (Wildman–Crippen MR) is 77.0 cm³/mol. The largest absolute Gasteiger partial charge is 0.349 e. The Labute approximate surface area is 118 Å². The number of nitriles is 1. The van der Waals surface area contributed by atoms with Crippen LogP contribution in [0, 0.1) is 18.4 Å². The number of aliphatic imine (C=N–C) groups is 1. The van der Waals surface area contributed by atoms with E-state index in [9.17, 15) is 4.39 Å². The van der Waals surface area contributed by atoms with Gasteiger partial charge in [0.1, 0.15) is 6.67 Å². The Hall–Kier alpha value is -2.09. The van der Waals surface area contributed by atoms with Crippen LogP contribution in [0.15, 0.2) is 23.2 Å². The van der Waals surface area contributed by atoms with Gasteiger partial charge >= 0.3 is 0 Å². The van der Waals surface area contributed by atoms with Gasteiger partial charge in [-0.1, -0.05) is 18.2 Å². The lowest BCUT2D eigenvalue weighted by Crippen LogP contribution is -2.38. The Morgan fingerprint density at radius 2 is 2.40 bits per heavy atom. The Kier molecular flexibility index (Phi) is 4.94. The summed E-state index contributed by atoms with van der Waals surface area (Å²) in [6.07, 6.45) is 5.00. The van der Waals surface area contributed by atoms with Gasteiger partial charge in [-0.15, -0.1) is 0 Å². The molecule has 0 heterocycles. The highest BCUT2D eigenvalue weighted by molar-refractivity contribution is 5.81. The summed E-state index contributed by atoms with van der Waals surface area (Å²) in [5, 5.41) is 14.4. The SMILES string of the molecule is Cc1cccc2c1CCCC2NC(=NCCF)NC#N. The maximum atomic E-state index is 12.2. The predicted octanol–water partition coefficient (Wildman–Crippen LogP) is 2.36. The van der Waals surface area contributed by atoms with Gasteiger partial charge in [-0.2, -0.15) is 5.26 Å². The molecule has 0 aromatic heterocycles. The van der Waals surface area contributed by atoms with Gasteiger partial charge in [0.15, 0.2) is 6.19 Å². The number of rotatable bonds is 3. The second-order valence-electron chi connectivity index (χ2n) is 4.89. The van der Waals surface area contributed by atoms with Gasteiger partial charge in [-0.05, 0) is 42.9 Å². The topological polar surface area (TPSA) is 60.2 Å². The first-order chi connectivity index (χ1) is 9.76. The van der Waals surface area contributed by atoms with Crippen LogP contribution in [0.1, 0.15) is 35.6 Å². The fourth-order valence-corrected chi connectivity index (χ4v) is 2.67. The molecule has 1 aromatic carbocycles. The van der Waals surface area contributed by atoms with Crippen molar-refractivity contribution in [3.8, 4) is 6.19 Å². The molecular formula is C15H19FN4. The zero-order chi connectivity index (χ0) is 14.4. The third-order valence-electron chi connectivity index (χ3n) is 3.58. The molecule has 20 heavy (non-hydrogen) atoms. The minimum Gasteiger partial charge on any atom is -0.349 e. The molecule has 1 unspecified atom stereocenters. The Balaban J connectivity index is 2.19. The molecular weight excluding hydrogens is 255 g/mol. The molecule has 5 heteroatoms. The molecule has 1 atom stereocenters. The number of benzene rings is 1. The lowest BCUT2D eigenvalue weighted by atomic mass is 9.85. The maximum Gasteiger partial charge on any atom is 0.205 e. The Bertz CT molecular complexity index is 533. The third-order valence-corrected chi connectivity index (χ3v) is 3.58. The molecule has 0 bridgehead atoms. The summed E-state index contributed by atoms with van der Waals surface area (Å²) in [5.74, 6) is 0.351. The normalized spacial score (nSPS) is 18.1. The van der Waals surface area contributed by atoms with Gasteiger partial charge in [0.2, 0.25) is 5.96 Å². The molecule has 0 aliphatic heterocycles. The van der Waals surface area contributed by atoms with E-state index < -0.39 is 6.67 Å². The van der Waals surface area contributed by atoms with Crippen molar-refractivity contribution < 1.29 is 4.39 Å². The minimum atomic E-state index is -0.529. The van der Waals surface area contributed by atoms with E-state index in [1.807, 2.05) is 12.3 Å². The molecule has 0 fully saturated rings. The molecule has 1 aliphatic rings. The monoisotopic (exact) mass is 274 g/mol. The average Bonchev–Trinajstić information content (AvgIpc) is 2.46. The molecule has 106 valence electrons. The minimum absolute atomic E-state index is 0.0599. The van der Waals surface area contributed by atoms with Crippen LogP contribution in [0.25, 0.3) is 0 Å². The summed E-state index contributed by atoms with van der Waals surface area (Å²) in [7, 11) is 0. The van der Waals surface area contributed by atoms with E-state index in [4.69, 9.17) is 5.26 Å². The first-order valence-electron chi connectivity index (χ1n) is 6.86. The number of alkyl halides is 1. The first-order valence-corrected chi connectivity index (χ1v) is 6.86. The number of aryl methyl sites for hydroxylation is 1. The van der Waals surface area contributed by atoms with Gasteiger partial charge in [0.05, 0.1) is 12.6 Å². The summed E-state index contributed by atoms with van der Waals surface area (Å²) < 4.78 is 12.2. The molecule has 0 amide bonds. The van der Waals surface area contributed by atoms with Gasteiger partial charge in [0, 0.05) is 0 Å². The van der Waals surface area contributed by atoms with Crippen LogP contribution in [0.2, 0.25) is 0 Å². The summed E-state index contributed by atoms with van der Waals surface area (Å²) >= 11 is 0. The molecule has 0 saturated heterocycles. The van der Waals surface area contributed by atoms with Crippen LogP contribution in [-0.2, 0) is 6.42 Å². The van der Waals surface area contributed by atoms with Crippen LogP contribution >= 0.6 is 0 Å². The summed E-state index contributed by atoms with van der Waals surface area (Å²) in [6.45, 7) is 1.65. The number of nitrogens with one attached hydrogen (secondary N) is 2. The fraction of sp³-hybridized carbons (Fsp3) is 0.467. The summed E-state index contributed by atoms with van der Waals surface area (Å²) in [4.78, 5) is 4.02. The standard InChI is InChI=1S/C15H19FN4/c1-11-4-2-6-13-12(11)5-3-7-14(13)20-15(19-10-17)18-9-8-16/h2,4,6,14H,3,5,7-9H2,1H3,(H2,18,19,20). The number of halogens is 1. The third kappa shape index (κ3) is 3.27. The van der Waals surface area contributed by atoms with E-state index in [1.54, 1.807) is 0 Å². The smallest absolute Gasteiger partial charge is 0.205 e. The zero-order valence-corrected chi connectivity index (χ0v) is 11.6. The van der Waals surface area contributed by atoms with E-state index in [-0.39, 0.29) is 12.6 Å². The van der Waals surface area contributed by atoms with Crippen molar-refractivity contribution in [2.24, 2.45) is 4.99 Å². The molecule has 2 N–H and O–H groups in total. The Morgan fingerprint density at radius 1 is 1.55 bits per heavy atom. The first kappa shape index (κ1) is 14.3. The number of guanidine groups is 1. The highest BCUT2D eigenvalue weighted by Crippen LogP contribution is 2.31. The number of hydrogen-bond donors (Lipinski definition) is 2. The molecule has 4 nitrogen and oxygen atoms in total. The highest BCUT2D eigenvalue weighted by Gasteiger charge is 2.21. The van der Waals surface area contributed by atoms with Crippen LogP contribution < -0.4 is 10.6 Å². The van der Waals surface area contributed by atoms with Crippen molar-refractivity contribution in [3.05, 3.63) is 34.9 Å². The van der Waals surface area contributed by atoms with Crippen molar-refractivity contribution in [2.45, 2.75) is 32.2 Å². The van der Waals surface area contributed by atoms with E-state index in [0.717, 1.165) is 19.3 Å². The fourth-order valence-electron chi connectivity index (χ4n) is 2.67. The zero-order valence-electron chi connectivity index (χ0n) is 11.6. The van der Waals surface area contributed by atoms with Gasteiger partial charge in [0.25, 0.3) is 0 Å². The van der Waals surface area contributed by atoms with E-state index >= 15 is 0 Å². The summed E-state index contributed by atoms with van der Waals surface area (Å²) in [5.41, 5.74) is 3.92. The van der Waals surface area contributed by atoms with E-state index in [0.29, 0.717) is 5.96 Å². The Morgan fingerprint density at radius 3 is 3.15 bits per heavy atom. The number of fused-ring (bicyclic) bond motifs is 1. The van der Waals surface area contributed by atoms with Gasteiger partial charge in [-0.25, -0.2) is 9.38 Å². The van der Waals surface area contributed by atoms with Gasteiger partial charge < -0.3 is 5.32 Å². The molecule has 0 spiro atoms. The van der Waals surface area contributed by atoms with E-state index in [1.165, 1.54) is 16.7 Å². The van der Waals surface area contributed by atoms with Crippen LogP contribution in [0.3, 0.4) is 0 Å². The molecule has 0 radical (unpaired) electrons. The second kappa shape index (κ2) is 6.90. The quantitative estimate of drug-likeness (QED) is 0.385. The number of nitrogens with zero attached hydrogens (tertiary/aromatic N) is 2. The lowest BCUT2D eigenvalue weighted by Gasteiger charge is -2.28. The maximum absolute atomic E-state index is 12.2. The van der Waals surface area contributed by atoms with Crippen LogP contribution in [-0.4, -0.2) is 19.2 Å². The van der Waals surface area contributed by atoms with Crippen molar-refractivity contribution in [1.82, 2.24) is 10.6 Å². The number of hydrogen-bond acceptors (Lipinski definition) is 2. The molecule has 1 aliphatic carbocycles.